The zero-order chi connectivity index (χ0) is 17.3. The summed E-state index contributed by atoms with van der Waals surface area (Å²) in [6.07, 6.45) is 9.36. The average Bonchev–Trinajstić information content (AvgIpc) is 2.78. The van der Waals surface area contributed by atoms with Gasteiger partial charge in [-0.2, -0.15) is 0 Å². The average molecular weight is 326 g/mol. The Kier molecular flexibility index (Phi) is 3.50. The molecule has 0 unspecified atom stereocenters. The minimum absolute atomic E-state index is 0.0705. The van der Waals surface area contributed by atoms with E-state index in [9.17, 15) is 9.59 Å². The van der Waals surface area contributed by atoms with Gasteiger partial charge in [-0.15, -0.1) is 0 Å². The van der Waals surface area contributed by atoms with E-state index in [-0.39, 0.29) is 16.7 Å². The van der Waals surface area contributed by atoms with Crippen molar-refractivity contribution in [3.8, 4) is 0 Å². The van der Waals surface area contributed by atoms with Gasteiger partial charge in [0.2, 0.25) is 0 Å². The van der Waals surface area contributed by atoms with Gasteiger partial charge in [-0.05, 0) is 80.1 Å². The predicted molar refractivity (Wildman–Crippen MR) is 95.4 cm³/mol. The summed E-state index contributed by atoms with van der Waals surface area (Å²) in [5, 5.41) is 0. The highest BCUT2D eigenvalue weighted by Gasteiger charge is 2.60. The summed E-state index contributed by atoms with van der Waals surface area (Å²) in [6.45, 7) is 10.8. The molecule has 2 heteroatoms. The molecule has 2 nitrogen and oxygen atoms in total. The Balaban J connectivity index is 1.70. The number of rotatable bonds is 1. The molecule has 0 aromatic carbocycles. The van der Waals surface area contributed by atoms with Crippen molar-refractivity contribution < 1.29 is 9.59 Å². The number of hydrogen-bond acceptors (Lipinski definition) is 2. The summed E-state index contributed by atoms with van der Waals surface area (Å²) in [5.41, 5.74) is 2.93. The molecule has 0 spiro atoms. The van der Waals surface area contributed by atoms with Crippen molar-refractivity contribution in [2.45, 2.75) is 65.7 Å². The Morgan fingerprint density at radius 3 is 2.62 bits per heavy atom. The molecular formula is C22H30O2. The molecule has 0 aliphatic heterocycles. The molecule has 0 aromatic rings. The van der Waals surface area contributed by atoms with Crippen LogP contribution in [0.5, 0.6) is 0 Å². The van der Waals surface area contributed by atoms with Gasteiger partial charge in [0.1, 0.15) is 5.78 Å². The minimum atomic E-state index is 0.0705. The molecule has 130 valence electrons. The lowest BCUT2D eigenvalue weighted by molar-refractivity contribution is -0.127. The van der Waals surface area contributed by atoms with Crippen LogP contribution in [0.2, 0.25) is 0 Å². The fourth-order valence-electron chi connectivity index (χ4n) is 7.27. The Morgan fingerprint density at radius 1 is 1.17 bits per heavy atom. The van der Waals surface area contributed by atoms with Crippen LogP contribution < -0.4 is 0 Å². The molecule has 0 amide bonds. The summed E-state index contributed by atoms with van der Waals surface area (Å²) in [6, 6.07) is 0. The molecule has 3 saturated carbocycles. The number of carbonyl (C=O) groups is 2. The lowest BCUT2D eigenvalue weighted by Gasteiger charge is -2.57. The molecule has 0 N–H and O–H groups in total. The van der Waals surface area contributed by atoms with E-state index in [4.69, 9.17) is 0 Å². The van der Waals surface area contributed by atoms with E-state index in [2.05, 4.69) is 20.4 Å². The van der Waals surface area contributed by atoms with Gasteiger partial charge in [-0.3, -0.25) is 9.59 Å². The Bertz CT molecular complexity index is 655. The second kappa shape index (κ2) is 5.16. The zero-order valence-corrected chi connectivity index (χ0v) is 15.4. The topological polar surface area (TPSA) is 34.1 Å². The maximum absolute atomic E-state index is 12.3. The highest BCUT2D eigenvalue weighted by molar-refractivity contribution is 5.91. The van der Waals surface area contributed by atoms with Gasteiger partial charge in [0.05, 0.1) is 0 Å². The second-order valence-corrected chi connectivity index (χ2v) is 9.42. The minimum Gasteiger partial charge on any atom is -0.299 e. The van der Waals surface area contributed by atoms with Crippen molar-refractivity contribution in [3.05, 3.63) is 23.8 Å². The molecule has 4 rings (SSSR count). The van der Waals surface area contributed by atoms with Gasteiger partial charge in [0.15, 0.2) is 5.78 Å². The quantitative estimate of drug-likeness (QED) is 0.643. The number of Topliss-reactive ketones (excluding diaryl/α,β-unsaturated/α-hetero) is 1. The van der Waals surface area contributed by atoms with Crippen LogP contribution in [0.3, 0.4) is 0 Å². The van der Waals surface area contributed by atoms with Gasteiger partial charge in [0, 0.05) is 12.3 Å². The first-order valence-corrected chi connectivity index (χ1v) is 9.69. The van der Waals surface area contributed by atoms with E-state index in [1.165, 1.54) is 24.0 Å². The monoisotopic (exact) mass is 326 g/mol. The van der Waals surface area contributed by atoms with E-state index in [0.29, 0.717) is 35.7 Å². The van der Waals surface area contributed by atoms with Crippen LogP contribution in [0.25, 0.3) is 0 Å². The standard InChI is InChI=1S/C22H30O2/c1-13-11-19-17-6-5-15-12-16(24)7-9-21(15,3)18(17)8-10-22(19,4)20(13)14(2)23/h12,17-20H,1,5-11H2,2-4H3/t17-,18+,19+,20-,21+,22+/m1/s1. The van der Waals surface area contributed by atoms with Gasteiger partial charge in [-0.1, -0.05) is 31.6 Å². The first-order chi connectivity index (χ1) is 11.3. The summed E-state index contributed by atoms with van der Waals surface area (Å²) in [7, 11) is 0. The van der Waals surface area contributed by atoms with Crippen LogP contribution in [-0.4, -0.2) is 11.6 Å². The van der Waals surface area contributed by atoms with Crippen molar-refractivity contribution >= 4 is 11.6 Å². The third-order valence-corrected chi connectivity index (χ3v) is 8.36. The third-order valence-electron chi connectivity index (χ3n) is 8.36. The van der Waals surface area contributed by atoms with E-state index in [1.807, 2.05) is 6.08 Å². The fourth-order valence-corrected chi connectivity index (χ4v) is 7.27. The van der Waals surface area contributed by atoms with E-state index < -0.39 is 0 Å². The number of fused-ring (bicyclic) bond motifs is 5. The molecule has 0 radical (unpaired) electrons. The van der Waals surface area contributed by atoms with Crippen LogP contribution in [0, 0.1) is 34.5 Å². The van der Waals surface area contributed by atoms with Crippen LogP contribution in [0.1, 0.15) is 65.7 Å². The van der Waals surface area contributed by atoms with Gasteiger partial charge in [0.25, 0.3) is 0 Å². The molecule has 0 heterocycles. The molecule has 3 fully saturated rings. The summed E-state index contributed by atoms with van der Waals surface area (Å²) in [4.78, 5) is 24.2. The number of hydrogen-bond donors (Lipinski definition) is 0. The Morgan fingerprint density at radius 2 is 1.92 bits per heavy atom. The maximum Gasteiger partial charge on any atom is 0.155 e. The molecule has 4 aliphatic carbocycles. The predicted octanol–water partition coefficient (Wildman–Crippen LogP) is 4.89. The molecule has 6 atom stereocenters. The maximum atomic E-state index is 12.3. The van der Waals surface area contributed by atoms with Crippen molar-refractivity contribution in [2.24, 2.45) is 34.5 Å². The lowest BCUT2D eigenvalue weighted by atomic mass is 9.46. The van der Waals surface area contributed by atoms with Gasteiger partial charge >= 0.3 is 0 Å². The molecule has 4 aliphatic rings. The summed E-state index contributed by atoms with van der Waals surface area (Å²) >= 11 is 0. The SMILES string of the molecule is C=C1C[C@H]2[C@@H]3CCC4=CC(=O)CC[C@]4(C)[C@H]3CC[C@]2(C)[C@H]1C(C)=O. The van der Waals surface area contributed by atoms with E-state index >= 15 is 0 Å². The summed E-state index contributed by atoms with van der Waals surface area (Å²) in [5.74, 6) is 2.69. The molecule has 0 saturated heterocycles. The van der Waals surface area contributed by atoms with Crippen LogP contribution in [0.15, 0.2) is 23.8 Å². The van der Waals surface area contributed by atoms with E-state index in [1.54, 1.807) is 6.92 Å². The largest absolute Gasteiger partial charge is 0.299 e. The number of ketones is 2. The zero-order valence-electron chi connectivity index (χ0n) is 15.4. The van der Waals surface area contributed by atoms with Gasteiger partial charge in [-0.25, -0.2) is 0 Å². The van der Waals surface area contributed by atoms with Gasteiger partial charge < -0.3 is 0 Å². The first-order valence-electron chi connectivity index (χ1n) is 9.69. The molecule has 0 aromatic heterocycles. The smallest absolute Gasteiger partial charge is 0.155 e. The van der Waals surface area contributed by atoms with Crippen molar-refractivity contribution in [3.63, 3.8) is 0 Å². The van der Waals surface area contributed by atoms with Crippen LogP contribution in [-0.2, 0) is 9.59 Å². The van der Waals surface area contributed by atoms with E-state index in [0.717, 1.165) is 25.7 Å². The Labute approximate surface area is 145 Å². The van der Waals surface area contributed by atoms with Crippen LogP contribution >= 0.6 is 0 Å². The Hall–Kier alpha value is -1.18. The number of allylic oxidation sites excluding steroid dienone is 2. The first kappa shape index (κ1) is 16.3. The molecular weight excluding hydrogens is 296 g/mol. The van der Waals surface area contributed by atoms with Crippen molar-refractivity contribution in [2.75, 3.05) is 0 Å². The second-order valence-electron chi connectivity index (χ2n) is 9.42. The molecule has 24 heavy (non-hydrogen) atoms. The fraction of sp³-hybridized carbons (Fsp3) is 0.727. The third kappa shape index (κ3) is 2.01. The highest BCUT2D eigenvalue weighted by atomic mass is 16.1. The lowest BCUT2D eigenvalue weighted by Crippen LogP contribution is -2.51. The number of carbonyl (C=O) groups excluding carboxylic acids is 2. The van der Waals surface area contributed by atoms with Crippen LogP contribution in [0.4, 0.5) is 0 Å². The molecule has 0 bridgehead atoms. The van der Waals surface area contributed by atoms with Crippen molar-refractivity contribution in [1.82, 2.24) is 0 Å². The highest BCUT2D eigenvalue weighted by Crippen LogP contribution is 2.67. The normalized spacial score (nSPS) is 47.5. The summed E-state index contributed by atoms with van der Waals surface area (Å²) < 4.78 is 0. The van der Waals surface area contributed by atoms with Crippen molar-refractivity contribution in [1.29, 1.82) is 0 Å².